The Kier molecular flexibility index (Phi) is 8.14. The van der Waals surface area contributed by atoms with Gasteiger partial charge in [-0.3, -0.25) is 0 Å². The zero-order valence-corrected chi connectivity index (χ0v) is 13.2. The molecule has 1 heterocycles. The fourth-order valence-electron chi connectivity index (χ4n) is 2.11. The molecular weight excluding hydrogens is 266 g/mol. The minimum absolute atomic E-state index is 0.467. The molecule has 0 bridgehead atoms. The van der Waals surface area contributed by atoms with Gasteiger partial charge in [0, 0.05) is 32.3 Å². The van der Waals surface area contributed by atoms with Crippen LogP contribution in [0.15, 0.2) is 6.33 Å². The van der Waals surface area contributed by atoms with E-state index in [2.05, 4.69) is 40.1 Å². The predicted octanol–water partition coefficient (Wildman–Crippen LogP) is 2.23. The lowest BCUT2D eigenvalue weighted by Crippen LogP contribution is -2.30. The standard InChI is InChI=1S/C15H25N5O/c1-4-8-17-14-13(5-2)15(19-12-18-14)20(9-6-7-16)10-11-21-3/h12H,4-6,8-11H2,1-3H3,(H,17,18,19). The van der Waals surface area contributed by atoms with Crippen LogP contribution in [0.1, 0.15) is 32.3 Å². The Hall–Kier alpha value is -1.87. The summed E-state index contributed by atoms with van der Waals surface area (Å²) in [6.45, 7) is 7.08. The molecule has 0 spiro atoms. The summed E-state index contributed by atoms with van der Waals surface area (Å²) >= 11 is 0. The van der Waals surface area contributed by atoms with Crippen LogP contribution in [0.2, 0.25) is 0 Å². The van der Waals surface area contributed by atoms with Crippen LogP contribution in [0.5, 0.6) is 0 Å². The van der Waals surface area contributed by atoms with Crippen molar-refractivity contribution >= 4 is 11.6 Å². The summed E-state index contributed by atoms with van der Waals surface area (Å²) < 4.78 is 5.16. The van der Waals surface area contributed by atoms with Crippen molar-refractivity contribution in [1.82, 2.24) is 9.97 Å². The Bertz CT molecular complexity index is 458. The highest BCUT2D eigenvalue weighted by molar-refractivity contribution is 5.58. The molecular formula is C15H25N5O. The smallest absolute Gasteiger partial charge is 0.137 e. The first-order valence-corrected chi connectivity index (χ1v) is 7.47. The summed E-state index contributed by atoms with van der Waals surface area (Å²) in [5.74, 6) is 1.79. The van der Waals surface area contributed by atoms with Crippen molar-refractivity contribution < 1.29 is 4.74 Å². The van der Waals surface area contributed by atoms with E-state index in [4.69, 9.17) is 10.00 Å². The molecule has 1 rings (SSSR count). The van der Waals surface area contributed by atoms with E-state index in [1.54, 1.807) is 13.4 Å². The first-order chi connectivity index (χ1) is 10.3. The molecule has 21 heavy (non-hydrogen) atoms. The average Bonchev–Trinajstić information content (AvgIpc) is 2.52. The number of rotatable bonds is 10. The zero-order chi connectivity index (χ0) is 15.5. The molecule has 0 aliphatic carbocycles. The molecule has 0 aromatic carbocycles. The number of hydrogen-bond acceptors (Lipinski definition) is 6. The number of anilines is 2. The number of methoxy groups -OCH3 is 1. The minimum Gasteiger partial charge on any atom is -0.383 e. The number of aromatic nitrogens is 2. The van der Waals surface area contributed by atoms with Crippen LogP contribution < -0.4 is 10.2 Å². The summed E-state index contributed by atoms with van der Waals surface area (Å²) in [6.07, 6.45) is 3.94. The highest BCUT2D eigenvalue weighted by atomic mass is 16.5. The molecule has 0 aliphatic rings. The lowest BCUT2D eigenvalue weighted by Gasteiger charge is -2.25. The lowest BCUT2D eigenvalue weighted by atomic mass is 10.2. The van der Waals surface area contributed by atoms with Crippen LogP contribution in [-0.2, 0) is 11.2 Å². The fraction of sp³-hybridized carbons (Fsp3) is 0.667. The van der Waals surface area contributed by atoms with Gasteiger partial charge < -0.3 is 15.0 Å². The van der Waals surface area contributed by atoms with Gasteiger partial charge in [0.25, 0.3) is 0 Å². The van der Waals surface area contributed by atoms with Crippen molar-refractivity contribution in [2.45, 2.75) is 33.1 Å². The van der Waals surface area contributed by atoms with Gasteiger partial charge in [0.05, 0.1) is 19.1 Å². The summed E-state index contributed by atoms with van der Waals surface area (Å²) in [4.78, 5) is 10.9. The maximum atomic E-state index is 8.83. The summed E-state index contributed by atoms with van der Waals surface area (Å²) in [5, 5.41) is 12.2. The average molecular weight is 291 g/mol. The van der Waals surface area contributed by atoms with Gasteiger partial charge in [-0.05, 0) is 12.8 Å². The molecule has 6 nitrogen and oxygen atoms in total. The van der Waals surface area contributed by atoms with Gasteiger partial charge >= 0.3 is 0 Å². The Labute approximate surface area is 127 Å². The molecule has 116 valence electrons. The maximum absolute atomic E-state index is 8.83. The van der Waals surface area contributed by atoms with Gasteiger partial charge in [-0.1, -0.05) is 13.8 Å². The third kappa shape index (κ3) is 5.20. The van der Waals surface area contributed by atoms with E-state index in [-0.39, 0.29) is 0 Å². The number of hydrogen-bond donors (Lipinski definition) is 1. The van der Waals surface area contributed by atoms with E-state index in [9.17, 15) is 0 Å². The van der Waals surface area contributed by atoms with Crippen LogP contribution in [0.3, 0.4) is 0 Å². The van der Waals surface area contributed by atoms with Crippen LogP contribution in [0.4, 0.5) is 11.6 Å². The molecule has 0 radical (unpaired) electrons. The molecule has 1 aromatic rings. The van der Waals surface area contributed by atoms with Gasteiger partial charge in [-0.15, -0.1) is 0 Å². The Balaban J connectivity index is 3.01. The monoisotopic (exact) mass is 291 g/mol. The molecule has 0 amide bonds. The van der Waals surface area contributed by atoms with Crippen molar-refractivity contribution in [2.24, 2.45) is 0 Å². The summed E-state index contributed by atoms with van der Waals surface area (Å²) in [6, 6.07) is 2.19. The highest BCUT2D eigenvalue weighted by Gasteiger charge is 2.15. The minimum atomic E-state index is 0.467. The molecule has 0 fully saturated rings. The Morgan fingerprint density at radius 1 is 1.33 bits per heavy atom. The second-order valence-corrected chi connectivity index (χ2v) is 4.69. The molecule has 6 heteroatoms. The fourth-order valence-corrected chi connectivity index (χ4v) is 2.11. The van der Waals surface area contributed by atoms with Crippen LogP contribution in [0.25, 0.3) is 0 Å². The SMILES string of the molecule is CCCNc1ncnc(N(CCC#N)CCOC)c1CC. The van der Waals surface area contributed by atoms with Gasteiger partial charge in [0.1, 0.15) is 18.0 Å². The number of nitrogens with zero attached hydrogens (tertiary/aromatic N) is 4. The summed E-state index contributed by atoms with van der Waals surface area (Å²) in [5.41, 5.74) is 1.10. The van der Waals surface area contributed by atoms with E-state index >= 15 is 0 Å². The van der Waals surface area contributed by atoms with E-state index in [0.29, 0.717) is 19.6 Å². The lowest BCUT2D eigenvalue weighted by molar-refractivity contribution is 0.205. The van der Waals surface area contributed by atoms with Crippen LogP contribution in [0, 0.1) is 11.3 Å². The van der Waals surface area contributed by atoms with Gasteiger partial charge in [0.2, 0.25) is 0 Å². The van der Waals surface area contributed by atoms with Crippen LogP contribution in [-0.4, -0.2) is 43.3 Å². The van der Waals surface area contributed by atoms with Crippen LogP contribution >= 0.6 is 0 Å². The molecule has 1 N–H and O–H groups in total. The third-order valence-corrected chi connectivity index (χ3v) is 3.18. The van der Waals surface area contributed by atoms with Gasteiger partial charge in [-0.2, -0.15) is 5.26 Å². The maximum Gasteiger partial charge on any atom is 0.137 e. The Morgan fingerprint density at radius 3 is 2.76 bits per heavy atom. The topological polar surface area (TPSA) is 74.1 Å². The molecule has 0 saturated heterocycles. The summed E-state index contributed by atoms with van der Waals surface area (Å²) in [7, 11) is 1.68. The highest BCUT2D eigenvalue weighted by Crippen LogP contribution is 2.24. The van der Waals surface area contributed by atoms with E-state index in [1.807, 2.05) is 0 Å². The van der Waals surface area contributed by atoms with Crippen molar-refractivity contribution in [1.29, 1.82) is 5.26 Å². The molecule has 0 atom stereocenters. The molecule has 0 saturated carbocycles. The van der Waals surface area contributed by atoms with Gasteiger partial charge in [0.15, 0.2) is 0 Å². The van der Waals surface area contributed by atoms with E-state index < -0.39 is 0 Å². The van der Waals surface area contributed by atoms with E-state index in [0.717, 1.165) is 43.1 Å². The number of nitriles is 1. The van der Waals surface area contributed by atoms with Gasteiger partial charge in [-0.25, -0.2) is 9.97 Å². The molecule has 1 aromatic heterocycles. The first-order valence-electron chi connectivity index (χ1n) is 7.47. The zero-order valence-electron chi connectivity index (χ0n) is 13.2. The largest absolute Gasteiger partial charge is 0.383 e. The van der Waals surface area contributed by atoms with E-state index in [1.165, 1.54) is 0 Å². The van der Waals surface area contributed by atoms with Crippen molar-refractivity contribution in [2.75, 3.05) is 43.6 Å². The normalized spacial score (nSPS) is 10.2. The van der Waals surface area contributed by atoms with Crippen molar-refractivity contribution in [3.63, 3.8) is 0 Å². The first kappa shape index (κ1) is 17.2. The molecule has 0 aliphatic heterocycles. The Morgan fingerprint density at radius 2 is 2.14 bits per heavy atom. The second-order valence-electron chi connectivity index (χ2n) is 4.69. The predicted molar refractivity (Wildman–Crippen MR) is 84.5 cm³/mol. The second kappa shape index (κ2) is 9.94. The number of nitrogens with one attached hydrogen (secondary N) is 1. The van der Waals surface area contributed by atoms with Crippen molar-refractivity contribution in [3.8, 4) is 6.07 Å². The van der Waals surface area contributed by atoms with Crippen molar-refractivity contribution in [3.05, 3.63) is 11.9 Å². The number of ether oxygens (including phenoxy) is 1. The third-order valence-electron chi connectivity index (χ3n) is 3.18. The molecule has 0 unspecified atom stereocenters. The quantitative estimate of drug-likeness (QED) is 0.712.